The van der Waals surface area contributed by atoms with Gasteiger partial charge < -0.3 is 161 Å². The Kier molecular flexibility index (Phi) is 66.5. The first-order chi connectivity index (χ1) is 70.5. The number of anilines is 11. The van der Waals surface area contributed by atoms with Crippen molar-refractivity contribution < 1.29 is 50.6 Å². The zero-order chi connectivity index (χ0) is 111. The summed E-state index contributed by atoms with van der Waals surface area (Å²) < 4.78 is 48.4. The summed E-state index contributed by atoms with van der Waals surface area (Å²) in [6, 6.07) is 1.13. The topological polar surface area (TPSA) is 1020 Å². The standard InChI is InChI=1S/C7H10N2O3.C6H13N5.2C6H12N4O2.C6H12N4OS.2C6H11N3O2.C5H11N7O.C5H11N5O.C5H11N5S.C5H10N4OS.C5H10N4O.C4H10N4O2S/c1-9(3-2-8)4-5(10)7(12)6(4)11;1-5-8-6(10-9-5)11(2)4-3-7;1-7-3-4-10(2)5-8-6(11)12-9-5;1-10(3-2-7)4-5(11)9-6(12)8-4;1-7-3-4-10(2)5-6(11)9-12-8-5;1-9(3-2-7)5-4-8-11-6(5)10;1-9(3-2-7)5-4-6(10)11-8-5;1-12(3-2-6)5(13)7-4-8-10-11-9-4;2*1-10(3-2-6)4-7-5(11)9-8-4;1-9(3-2-6)4-7-5(11)10-8-4;1-9(3-2-6)5-7-4-8-10-5;1-8(3-2-5)4-6-10-11(9)7-4/h10H,2-3,8H2,1H3;3-4,7H2,1-2H3,(H,8,9,10);7H,3-4H2,1-2H3,(H,8,9,11);4H,2-3,7H2,1H3,(H2,8,9,11,12);7H,3-4H2,1-2H3,(H,9,11);2*4,8H,2-3,7H2,1H3;2-3,6H2,1H3,(H2,7,8,9,10,11,13);2*2-3,6H2,1H3,(H2,7,8,9,11);2-3,6H2,1H3,(H,7,8,11);4H,2-3,6H2,1H3;2-3,5H2,1H3,(H,6,7). The number of amides is 5. The van der Waals surface area contributed by atoms with Crippen molar-refractivity contribution in [3.05, 3.63) is 107 Å². The van der Waals surface area contributed by atoms with E-state index in [-0.39, 0.29) is 50.9 Å². The van der Waals surface area contributed by atoms with Crippen LogP contribution in [0.2, 0.25) is 0 Å². The Morgan fingerprint density at radius 1 is 0.568 bits per heavy atom. The van der Waals surface area contributed by atoms with E-state index in [2.05, 4.69) is 182 Å². The van der Waals surface area contributed by atoms with Gasteiger partial charge in [-0.05, 0) is 62.9 Å². The number of aromatic nitrogens is 23. The predicted molar refractivity (Wildman–Crippen MR) is 563 cm³/mol. The summed E-state index contributed by atoms with van der Waals surface area (Å²) in [7, 11) is 27.1. The lowest BCUT2D eigenvalue weighted by molar-refractivity contribution is -0.123. The van der Waals surface area contributed by atoms with Gasteiger partial charge in [0.25, 0.3) is 22.7 Å². The zero-order valence-corrected chi connectivity index (χ0v) is 88.5. The van der Waals surface area contributed by atoms with Crippen LogP contribution in [-0.4, -0.2) is 446 Å². The van der Waals surface area contributed by atoms with Crippen LogP contribution in [-0.2, 0) is 20.3 Å². The van der Waals surface area contributed by atoms with Crippen LogP contribution >= 0.6 is 36.2 Å². The lowest BCUT2D eigenvalue weighted by Gasteiger charge is -2.20. The van der Waals surface area contributed by atoms with E-state index in [0.29, 0.717) is 176 Å². The van der Waals surface area contributed by atoms with Gasteiger partial charge in [-0.1, -0.05) is 10.3 Å². The van der Waals surface area contributed by atoms with E-state index in [1.807, 2.05) is 94.9 Å². The van der Waals surface area contributed by atoms with Gasteiger partial charge in [0.05, 0.1) is 12.3 Å². The first kappa shape index (κ1) is 131. The van der Waals surface area contributed by atoms with Crippen LogP contribution in [0.4, 0.5) is 74.3 Å². The fourth-order valence-electron chi connectivity index (χ4n) is 10.2. The van der Waals surface area contributed by atoms with Gasteiger partial charge in [0, 0.05) is 266 Å². The molecule has 11 aromatic rings. The molecule has 1 saturated heterocycles. The zero-order valence-electron chi connectivity index (χ0n) is 85.2. The molecule has 76 heteroatoms. The second-order valence-electron chi connectivity index (χ2n) is 29.9. The molecule has 72 nitrogen and oxygen atoms in total. The number of nitrogens with zero attached hydrogens (tertiary/aromatic N) is 26. The van der Waals surface area contributed by atoms with Crippen LogP contribution in [0.3, 0.4) is 0 Å². The molecular weight excluding hydrogens is 2040 g/mol. The van der Waals surface area contributed by atoms with Crippen molar-refractivity contribution in [1.29, 1.82) is 0 Å². The van der Waals surface area contributed by atoms with Crippen LogP contribution in [0.1, 0.15) is 5.82 Å². The van der Waals surface area contributed by atoms with Gasteiger partial charge in [0.2, 0.25) is 46.3 Å². The minimum absolute atomic E-state index is 0.0745. The average molecular weight is 2180 g/mol. The molecule has 2 atom stereocenters. The molecule has 0 saturated carbocycles. The number of rotatable bonds is 40. The number of H-pyrrole nitrogens is 11. The number of tetrazole rings is 1. The van der Waals surface area contributed by atoms with Gasteiger partial charge >= 0.3 is 62.4 Å². The van der Waals surface area contributed by atoms with Gasteiger partial charge in [-0.3, -0.25) is 68.9 Å². The number of carbonyl (C=O) groups excluding carboxylic acids is 3. The summed E-state index contributed by atoms with van der Waals surface area (Å²) in [6.45, 7) is 17.9. The van der Waals surface area contributed by atoms with Crippen molar-refractivity contribution in [2.75, 3.05) is 330 Å². The number of nitrogens with two attached hydrogens (primary N) is 11. The number of aryl methyl sites for hydroxylation is 1. The van der Waals surface area contributed by atoms with E-state index in [1.165, 1.54) is 28.4 Å². The van der Waals surface area contributed by atoms with Crippen molar-refractivity contribution in [3.8, 4) is 5.75 Å². The molecule has 1 aromatic carbocycles. The molecule has 40 N–H and O–H groups in total. The molecule has 834 valence electrons. The minimum Gasteiger partial charge on any atom is -0.502 e. The molecule has 2 aliphatic rings. The number of urea groups is 2. The monoisotopic (exact) mass is 2180 g/mol. The Labute approximate surface area is 862 Å². The fourth-order valence-corrected chi connectivity index (χ4v) is 11.5. The summed E-state index contributed by atoms with van der Waals surface area (Å²) in [5, 5.41) is 67.2. The third-order valence-electron chi connectivity index (χ3n) is 18.2. The number of guanidine groups is 1. The van der Waals surface area contributed by atoms with Gasteiger partial charge in [-0.2, -0.15) is 39.0 Å². The number of hydrogen-bond donors (Lipinski definition) is 29. The molecule has 0 spiro atoms. The van der Waals surface area contributed by atoms with Crippen molar-refractivity contribution in [3.63, 3.8) is 0 Å². The highest BCUT2D eigenvalue weighted by Gasteiger charge is 2.32. The molecule has 5 amide bonds. The molecule has 0 aliphatic carbocycles. The first-order valence-electron chi connectivity index (χ1n) is 44.3. The minimum atomic E-state index is -1.58. The number of aromatic amines is 11. The normalized spacial score (nSPS) is 12.0. The molecule has 0 bridgehead atoms. The van der Waals surface area contributed by atoms with E-state index in [0.717, 1.165) is 75.9 Å². The molecule has 10 aromatic heterocycles. The Bertz CT molecular complexity index is 5660. The third kappa shape index (κ3) is 51.8. The van der Waals surface area contributed by atoms with Gasteiger partial charge in [0.1, 0.15) is 23.0 Å². The highest BCUT2D eigenvalue weighted by molar-refractivity contribution is 7.79. The summed E-state index contributed by atoms with van der Waals surface area (Å²) in [5.74, 6) is 4.28. The van der Waals surface area contributed by atoms with E-state index in [1.54, 1.807) is 71.7 Å². The summed E-state index contributed by atoms with van der Waals surface area (Å²) in [5.41, 5.74) is 58.8. The van der Waals surface area contributed by atoms with Crippen molar-refractivity contribution in [1.82, 2.24) is 157 Å². The van der Waals surface area contributed by atoms with Gasteiger partial charge in [-0.25, -0.2) is 53.9 Å². The van der Waals surface area contributed by atoms with Crippen LogP contribution < -0.4 is 183 Å². The number of hydrogen-bond acceptors (Lipinski definition) is 59. The molecule has 148 heavy (non-hydrogen) atoms. The highest BCUT2D eigenvalue weighted by Crippen LogP contribution is 2.18. The van der Waals surface area contributed by atoms with E-state index in [4.69, 9.17) is 89.4 Å². The highest BCUT2D eigenvalue weighted by atomic mass is 32.2. The maximum absolute atomic E-state index is 11.2. The number of nitrogens with one attached hydrogen (secondary N) is 17. The Balaban J connectivity index is 0.000000802. The quantitative estimate of drug-likeness (QED) is 0.00963. The Morgan fingerprint density at radius 3 is 1.57 bits per heavy atom. The number of likely N-dealkylation sites (N-methyl/N-ethyl adjacent to an activating group) is 15. The van der Waals surface area contributed by atoms with Crippen molar-refractivity contribution in [2.45, 2.75) is 13.1 Å². The molecule has 0 radical (unpaired) electrons. The molecule has 12 heterocycles. The Hall–Kier alpha value is -14.8. The molecule has 2 unspecified atom stereocenters. The molecular formula is C72H144N54O18S4. The molecule has 13 rings (SSSR count). The Morgan fingerprint density at radius 2 is 1.13 bits per heavy atom. The summed E-state index contributed by atoms with van der Waals surface area (Å²) in [6.07, 6.45) is 2.31. The third-order valence-corrected chi connectivity index (χ3v) is 19.7. The smallest absolute Gasteiger partial charge is 0.440 e. The number of hydroxylamine groups is 1. The average Bonchev–Trinajstić information content (AvgIpc) is 1.21. The van der Waals surface area contributed by atoms with Crippen LogP contribution in [0.15, 0.2) is 79.2 Å². The second kappa shape index (κ2) is 75.0. The second-order valence-corrected chi connectivity index (χ2v) is 32.0. The number of carbonyl (C=O) groups is 3. The molecule has 2 aliphatic heterocycles. The van der Waals surface area contributed by atoms with Crippen molar-refractivity contribution >= 4 is 136 Å². The van der Waals surface area contributed by atoms with E-state index < -0.39 is 45.8 Å². The molecule has 1 fully saturated rings. The fraction of sp³-hybridized carbons (Fsp3) is 0.597. The lowest BCUT2D eigenvalue weighted by Crippen LogP contribution is -2.46. The van der Waals surface area contributed by atoms with Crippen molar-refractivity contribution in [2.24, 2.45) is 67.5 Å². The summed E-state index contributed by atoms with van der Waals surface area (Å²) >= 11 is 8.95. The summed E-state index contributed by atoms with van der Waals surface area (Å²) in [4.78, 5) is 152. The van der Waals surface area contributed by atoms with Gasteiger partial charge in [0.15, 0.2) is 18.2 Å². The SMILES string of the molecule is CN(CCN)C(=O)Nc1nn[nH]n1.CN(CCN)C1=NS(=O)ON1.CN(CCN)C1NC(=O)NC1=O.CN(CCN)c1c(O)c(=O)c1=O.CN(CCN)c1c[nH]oc1=O.CN(CCN)c1cc(=O)o[nH]1.CN(CCN)c1n[nH]c(=O)[nH]1.CN(CCN)c1nc(=S)[nH][nH]1.CN(CCN)c1nc(=S)o[nH]1.CN(CCN)c1ncno1.CNCCN(C)c1noc(=O)[nH]1.CNCCN(C)c1ns[nH]c1=O.Cc1nc(N(C)CCN)n[nH]1. The maximum atomic E-state index is 11.2. The number of aromatic hydroxyl groups is 1. The van der Waals surface area contributed by atoms with Crippen LogP contribution in [0.25, 0.3) is 0 Å². The maximum Gasteiger partial charge on any atom is 0.440 e. The first-order valence-corrected chi connectivity index (χ1v) is 46.9. The van der Waals surface area contributed by atoms with Crippen LogP contribution in [0, 0.1) is 16.5 Å². The predicted octanol–water partition coefficient (Wildman–Crippen LogP) is -11.9. The van der Waals surface area contributed by atoms with E-state index >= 15 is 0 Å². The largest absolute Gasteiger partial charge is 0.502 e. The van der Waals surface area contributed by atoms with E-state index in [9.17, 15) is 52.2 Å². The number of imide groups is 1. The van der Waals surface area contributed by atoms with Crippen LogP contribution in [0.5, 0.6) is 5.75 Å². The van der Waals surface area contributed by atoms with Gasteiger partial charge in [-0.15, -0.1) is 19.7 Å². The lowest BCUT2D eigenvalue weighted by atomic mass is 10.2.